The molecule has 2 atom stereocenters. The minimum absolute atomic E-state index is 0.0241. The van der Waals surface area contributed by atoms with Gasteiger partial charge in [0.25, 0.3) is 0 Å². The van der Waals surface area contributed by atoms with Crippen molar-refractivity contribution in [3.63, 3.8) is 0 Å². The van der Waals surface area contributed by atoms with E-state index in [0.29, 0.717) is 31.6 Å². The number of pyridine rings is 1. The SMILES string of the molecule is O=C(NCC(c1ccccc1)c1ccccc1)C1CNCC(NS(=O)(=O)c2cccc3cccnc23)C1. The summed E-state index contributed by atoms with van der Waals surface area (Å²) in [5.74, 6) is -0.407. The average Bonchev–Trinajstić information content (AvgIpc) is 2.94. The number of sulfonamides is 1. The number of hydrogen-bond donors (Lipinski definition) is 3. The first-order valence-corrected chi connectivity index (χ1v) is 13.9. The molecule has 1 amide bonds. The molecule has 3 aromatic carbocycles. The minimum atomic E-state index is -3.82. The van der Waals surface area contributed by atoms with Crippen LogP contribution in [0.3, 0.4) is 0 Å². The van der Waals surface area contributed by atoms with E-state index in [1.165, 1.54) is 0 Å². The van der Waals surface area contributed by atoms with Gasteiger partial charge in [0, 0.05) is 43.2 Å². The van der Waals surface area contributed by atoms with Crippen molar-refractivity contribution >= 4 is 26.8 Å². The standard InChI is InChI=1S/C29H30N4O3S/c34-29(32-20-26(21-9-3-1-4-10-21)22-11-5-2-6-12-22)24-17-25(19-30-18-24)33-37(35,36)27-15-7-13-23-14-8-16-31-28(23)27/h1-16,24-26,30,33H,17-20H2,(H,32,34). The second-order valence-electron chi connectivity index (χ2n) is 9.36. The molecule has 8 heteroatoms. The van der Waals surface area contributed by atoms with Crippen molar-refractivity contribution in [1.29, 1.82) is 0 Å². The van der Waals surface area contributed by atoms with Crippen molar-refractivity contribution in [3.8, 4) is 0 Å². The highest BCUT2D eigenvalue weighted by molar-refractivity contribution is 7.89. The van der Waals surface area contributed by atoms with Gasteiger partial charge in [-0.15, -0.1) is 0 Å². The van der Waals surface area contributed by atoms with Crippen LogP contribution in [0.2, 0.25) is 0 Å². The van der Waals surface area contributed by atoms with Crippen molar-refractivity contribution in [2.75, 3.05) is 19.6 Å². The van der Waals surface area contributed by atoms with E-state index in [9.17, 15) is 13.2 Å². The Labute approximate surface area is 217 Å². The Morgan fingerprint density at radius 1 is 0.892 bits per heavy atom. The minimum Gasteiger partial charge on any atom is -0.355 e. The molecule has 0 saturated carbocycles. The lowest BCUT2D eigenvalue weighted by molar-refractivity contribution is -0.125. The number of hydrogen-bond acceptors (Lipinski definition) is 5. The van der Waals surface area contributed by atoms with E-state index in [1.807, 2.05) is 48.5 Å². The maximum atomic E-state index is 13.2. The van der Waals surface area contributed by atoms with Crippen LogP contribution in [0.5, 0.6) is 0 Å². The van der Waals surface area contributed by atoms with Gasteiger partial charge in [0.2, 0.25) is 15.9 Å². The molecule has 190 valence electrons. The monoisotopic (exact) mass is 514 g/mol. The summed E-state index contributed by atoms with van der Waals surface area (Å²) in [6, 6.07) is 28.5. The van der Waals surface area contributed by atoms with Crippen molar-refractivity contribution in [2.24, 2.45) is 5.92 Å². The summed E-state index contributed by atoms with van der Waals surface area (Å²) in [4.78, 5) is 17.6. The van der Waals surface area contributed by atoms with Crippen molar-refractivity contribution in [2.45, 2.75) is 23.3 Å². The lowest BCUT2D eigenvalue weighted by Crippen LogP contribution is -2.52. The summed E-state index contributed by atoms with van der Waals surface area (Å²) in [6.07, 6.45) is 2.00. The summed E-state index contributed by atoms with van der Waals surface area (Å²) < 4.78 is 29.3. The van der Waals surface area contributed by atoms with Gasteiger partial charge in [-0.1, -0.05) is 78.9 Å². The number of nitrogens with zero attached hydrogens (tertiary/aromatic N) is 1. The molecule has 7 nitrogen and oxygen atoms in total. The number of benzene rings is 3. The summed E-state index contributed by atoms with van der Waals surface area (Å²) in [6.45, 7) is 1.42. The van der Waals surface area contributed by atoms with E-state index >= 15 is 0 Å². The van der Waals surface area contributed by atoms with Crippen LogP contribution in [-0.4, -0.2) is 45.0 Å². The van der Waals surface area contributed by atoms with Crippen LogP contribution >= 0.6 is 0 Å². The Morgan fingerprint density at radius 3 is 2.27 bits per heavy atom. The Kier molecular flexibility index (Phi) is 7.60. The second kappa shape index (κ2) is 11.2. The topological polar surface area (TPSA) is 100 Å². The molecule has 0 spiro atoms. The van der Waals surface area contributed by atoms with E-state index in [-0.39, 0.29) is 22.6 Å². The molecular formula is C29H30N4O3S. The highest BCUT2D eigenvalue weighted by atomic mass is 32.2. The van der Waals surface area contributed by atoms with Crippen molar-refractivity contribution in [3.05, 3.63) is 108 Å². The number of carbonyl (C=O) groups is 1. The van der Waals surface area contributed by atoms with Crippen LogP contribution in [0, 0.1) is 5.92 Å². The third-order valence-electron chi connectivity index (χ3n) is 6.81. The fourth-order valence-corrected chi connectivity index (χ4v) is 6.38. The van der Waals surface area contributed by atoms with Gasteiger partial charge in [-0.25, -0.2) is 13.1 Å². The molecule has 1 aromatic heterocycles. The normalized spacial score (nSPS) is 18.1. The van der Waals surface area contributed by atoms with E-state index < -0.39 is 16.1 Å². The largest absolute Gasteiger partial charge is 0.355 e. The first-order chi connectivity index (χ1) is 18.0. The Balaban J connectivity index is 1.26. The fraction of sp³-hybridized carbons (Fsp3) is 0.241. The van der Waals surface area contributed by atoms with Gasteiger partial charge in [0.05, 0.1) is 11.4 Å². The predicted octanol–water partition coefficient (Wildman–Crippen LogP) is 3.44. The summed E-state index contributed by atoms with van der Waals surface area (Å²) >= 11 is 0. The molecule has 5 rings (SSSR count). The maximum Gasteiger partial charge on any atom is 0.243 e. The van der Waals surface area contributed by atoms with Gasteiger partial charge in [0.1, 0.15) is 4.90 Å². The van der Waals surface area contributed by atoms with Crippen LogP contribution in [0.4, 0.5) is 0 Å². The Bertz CT molecular complexity index is 1420. The number of fused-ring (bicyclic) bond motifs is 1. The first-order valence-electron chi connectivity index (χ1n) is 12.5. The molecule has 1 fully saturated rings. The lowest BCUT2D eigenvalue weighted by atomic mass is 9.90. The van der Waals surface area contributed by atoms with Gasteiger partial charge in [0.15, 0.2) is 0 Å². The lowest BCUT2D eigenvalue weighted by Gasteiger charge is -2.30. The predicted molar refractivity (Wildman–Crippen MR) is 145 cm³/mol. The van der Waals surface area contributed by atoms with Gasteiger partial charge in [-0.3, -0.25) is 9.78 Å². The summed E-state index contributed by atoms with van der Waals surface area (Å²) in [7, 11) is -3.82. The zero-order chi connectivity index (χ0) is 25.7. The van der Waals surface area contributed by atoms with Crippen LogP contribution < -0.4 is 15.4 Å². The van der Waals surface area contributed by atoms with Gasteiger partial charge < -0.3 is 10.6 Å². The Hall–Kier alpha value is -3.59. The van der Waals surface area contributed by atoms with E-state index in [1.54, 1.807) is 24.4 Å². The first kappa shape index (κ1) is 25.1. The maximum absolute atomic E-state index is 13.2. The van der Waals surface area contributed by atoms with E-state index in [0.717, 1.165) is 16.5 Å². The molecule has 0 radical (unpaired) electrons. The van der Waals surface area contributed by atoms with Gasteiger partial charge in [-0.2, -0.15) is 0 Å². The number of aromatic nitrogens is 1. The van der Waals surface area contributed by atoms with Gasteiger partial charge in [-0.05, 0) is 29.7 Å². The highest BCUT2D eigenvalue weighted by Crippen LogP contribution is 2.25. The number of para-hydroxylation sites is 1. The molecule has 2 unspecified atom stereocenters. The molecule has 3 N–H and O–H groups in total. The third kappa shape index (κ3) is 5.88. The van der Waals surface area contributed by atoms with Gasteiger partial charge >= 0.3 is 0 Å². The Morgan fingerprint density at radius 2 is 1.57 bits per heavy atom. The fourth-order valence-electron chi connectivity index (χ4n) is 4.95. The number of nitrogens with one attached hydrogen (secondary N) is 3. The third-order valence-corrected chi connectivity index (χ3v) is 8.36. The van der Waals surface area contributed by atoms with Crippen LogP contribution in [0.15, 0.2) is 102 Å². The van der Waals surface area contributed by atoms with Crippen LogP contribution in [0.1, 0.15) is 23.5 Å². The van der Waals surface area contributed by atoms with Crippen LogP contribution in [0.25, 0.3) is 10.9 Å². The summed E-state index contributed by atoms with van der Waals surface area (Å²) in [5, 5.41) is 7.11. The second-order valence-corrected chi connectivity index (χ2v) is 11.0. The summed E-state index contributed by atoms with van der Waals surface area (Å²) in [5.41, 5.74) is 2.69. The molecular weight excluding hydrogens is 484 g/mol. The van der Waals surface area contributed by atoms with E-state index in [4.69, 9.17) is 0 Å². The highest BCUT2D eigenvalue weighted by Gasteiger charge is 2.31. The molecule has 1 aliphatic heterocycles. The van der Waals surface area contributed by atoms with Crippen molar-refractivity contribution in [1.82, 2.24) is 20.3 Å². The molecule has 4 aromatic rings. The number of piperidine rings is 1. The number of carbonyl (C=O) groups excluding carboxylic acids is 1. The number of rotatable bonds is 8. The molecule has 1 aliphatic rings. The average molecular weight is 515 g/mol. The smallest absolute Gasteiger partial charge is 0.243 e. The molecule has 0 aliphatic carbocycles. The van der Waals surface area contributed by atoms with E-state index in [2.05, 4.69) is 44.6 Å². The number of amides is 1. The molecule has 37 heavy (non-hydrogen) atoms. The zero-order valence-electron chi connectivity index (χ0n) is 20.4. The van der Waals surface area contributed by atoms with Crippen molar-refractivity contribution < 1.29 is 13.2 Å². The molecule has 0 bridgehead atoms. The molecule has 2 heterocycles. The van der Waals surface area contributed by atoms with Crippen LogP contribution in [-0.2, 0) is 14.8 Å². The quantitative estimate of drug-likeness (QED) is 0.335. The molecule has 1 saturated heterocycles. The zero-order valence-corrected chi connectivity index (χ0v) is 21.2.